The first kappa shape index (κ1) is 18.5. The van der Waals surface area contributed by atoms with E-state index in [0.29, 0.717) is 13.1 Å². The lowest BCUT2D eigenvalue weighted by molar-refractivity contribution is -0.122. The quantitative estimate of drug-likeness (QED) is 0.732. The van der Waals surface area contributed by atoms with Crippen LogP contribution in [0.5, 0.6) is 0 Å². The van der Waals surface area contributed by atoms with Crippen LogP contribution in [0.25, 0.3) is 6.08 Å². The summed E-state index contributed by atoms with van der Waals surface area (Å²) in [6, 6.07) is 12.6. The average Bonchev–Trinajstić information content (AvgIpc) is 3.07. The summed E-state index contributed by atoms with van der Waals surface area (Å²) in [5, 5.41) is 0.810. The van der Waals surface area contributed by atoms with Gasteiger partial charge in [0.15, 0.2) is 5.17 Å². The predicted molar refractivity (Wildman–Crippen MR) is 110 cm³/mol. The Morgan fingerprint density at radius 1 is 1.15 bits per heavy atom. The second-order valence-electron chi connectivity index (χ2n) is 6.32. The summed E-state index contributed by atoms with van der Waals surface area (Å²) in [5.74, 6) is 0.0533. The molecule has 2 aromatic rings. The molecule has 0 bridgehead atoms. The number of rotatable bonds is 5. The van der Waals surface area contributed by atoms with Gasteiger partial charge >= 0.3 is 0 Å². The summed E-state index contributed by atoms with van der Waals surface area (Å²) in [4.78, 5) is 19.6. The van der Waals surface area contributed by atoms with Crippen LogP contribution in [0, 0.1) is 13.8 Å². The Balaban J connectivity index is 1.91. The molecule has 5 heteroatoms. The van der Waals surface area contributed by atoms with E-state index in [2.05, 4.69) is 53.7 Å². The standard InChI is InChI=1S/C21H25N3OS/c1-5-22-21-23(6-2)20(25)19(26-21)13-18-12-15(3)24(16(18)4)14-17-10-8-7-9-11-17/h7-13H,5-6,14H2,1-4H3/b19-13+,22-21?. The molecule has 2 heterocycles. The van der Waals surface area contributed by atoms with Crippen LogP contribution in [-0.2, 0) is 11.3 Å². The monoisotopic (exact) mass is 367 g/mol. The number of aryl methyl sites for hydroxylation is 1. The highest BCUT2D eigenvalue weighted by molar-refractivity contribution is 8.18. The molecule has 4 nitrogen and oxygen atoms in total. The van der Waals surface area contributed by atoms with E-state index in [1.807, 2.05) is 26.0 Å². The highest BCUT2D eigenvalue weighted by Gasteiger charge is 2.32. The van der Waals surface area contributed by atoms with Gasteiger partial charge in [-0.25, -0.2) is 0 Å². The van der Waals surface area contributed by atoms with Crippen LogP contribution in [0.3, 0.4) is 0 Å². The zero-order valence-electron chi connectivity index (χ0n) is 15.8. The van der Waals surface area contributed by atoms with Crippen molar-refractivity contribution in [3.8, 4) is 0 Å². The molecule has 3 rings (SSSR count). The van der Waals surface area contributed by atoms with Crippen LogP contribution in [0.15, 0.2) is 46.3 Å². The molecular weight excluding hydrogens is 342 g/mol. The molecule has 1 fully saturated rings. The first-order valence-electron chi connectivity index (χ1n) is 9.01. The number of thioether (sulfide) groups is 1. The number of carbonyl (C=O) groups excluding carboxylic acids is 1. The third-order valence-electron chi connectivity index (χ3n) is 4.58. The molecule has 1 aromatic carbocycles. The van der Waals surface area contributed by atoms with Crippen molar-refractivity contribution in [1.29, 1.82) is 0 Å². The third kappa shape index (κ3) is 3.63. The van der Waals surface area contributed by atoms with Gasteiger partial charge in [0.05, 0.1) is 4.91 Å². The number of amidine groups is 1. The summed E-state index contributed by atoms with van der Waals surface area (Å²) in [7, 11) is 0. The molecule has 26 heavy (non-hydrogen) atoms. The molecule has 1 aliphatic rings. The molecule has 0 N–H and O–H groups in total. The molecule has 1 aliphatic heterocycles. The van der Waals surface area contributed by atoms with E-state index in [4.69, 9.17) is 0 Å². The van der Waals surface area contributed by atoms with Crippen molar-refractivity contribution >= 4 is 28.9 Å². The lowest BCUT2D eigenvalue weighted by atomic mass is 10.2. The second-order valence-corrected chi connectivity index (χ2v) is 7.32. The van der Waals surface area contributed by atoms with E-state index >= 15 is 0 Å². The molecule has 0 spiro atoms. The number of aromatic nitrogens is 1. The van der Waals surface area contributed by atoms with Gasteiger partial charge in [-0.2, -0.15) is 0 Å². The Kier molecular flexibility index (Phi) is 5.67. The highest BCUT2D eigenvalue weighted by Crippen LogP contribution is 2.33. The van der Waals surface area contributed by atoms with E-state index in [1.54, 1.807) is 4.90 Å². The molecule has 0 atom stereocenters. The van der Waals surface area contributed by atoms with Crippen LogP contribution in [0.4, 0.5) is 0 Å². The first-order chi connectivity index (χ1) is 12.5. The minimum Gasteiger partial charge on any atom is -0.344 e. The second kappa shape index (κ2) is 7.96. The molecule has 1 saturated heterocycles. The van der Waals surface area contributed by atoms with Crippen molar-refractivity contribution < 1.29 is 4.79 Å². The molecule has 0 radical (unpaired) electrons. The maximum absolute atomic E-state index is 12.7. The summed E-state index contributed by atoms with van der Waals surface area (Å²) in [5.41, 5.74) is 4.75. The van der Waals surface area contributed by atoms with E-state index in [1.165, 1.54) is 28.7 Å². The van der Waals surface area contributed by atoms with Crippen molar-refractivity contribution in [3.63, 3.8) is 0 Å². The lowest BCUT2D eigenvalue weighted by Gasteiger charge is -2.11. The molecule has 136 valence electrons. The Morgan fingerprint density at radius 3 is 2.54 bits per heavy atom. The molecule has 1 aromatic heterocycles. The summed E-state index contributed by atoms with van der Waals surface area (Å²) in [6.07, 6.45) is 2.01. The zero-order chi connectivity index (χ0) is 18.7. The number of benzene rings is 1. The van der Waals surface area contributed by atoms with Gasteiger partial charge in [0.25, 0.3) is 5.91 Å². The van der Waals surface area contributed by atoms with Crippen LogP contribution in [-0.4, -0.2) is 33.6 Å². The van der Waals surface area contributed by atoms with E-state index < -0.39 is 0 Å². The van der Waals surface area contributed by atoms with Crippen LogP contribution < -0.4 is 0 Å². The molecule has 0 saturated carbocycles. The largest absolute Gasteiger partial charge is 0.344 e. The number of hydrogen-bond acceptors (Lipinski definition) is 3. The van der Waals surface area contributed by atoms with Gasteiger partial charge in [0.1, 0.15) is 0 Å². The van der Waals surface area contributed by atoms with Crippen molar-refractivity contribution in [2.24, 2.45) is 4.99 Å². The van der Waals surface area contributed by atoms with Crippen molar-refractivity contribution in [2.75, 3.05) is 13.1 Å². The number of aliphatic imine (C=N–C) groups is 1. The topological polar surface area (TPSA) is 37.6 Å². The van der Waals surface area contributed by atoms with Crippen molar-refractivity contribution in [2.45, 2.75) is 34.2 Å². The van der Waals surface area contributed by atoms with Gasteiger partial charge in [-0.05, 0) is 62.7 Å². The predicted octanol–water partition coefficient (Wildman–Crippen LogP) is 4.47. The Bertz CT molecular complexity index is 865. The third-order valence-corrected chi connectivity index (χ3v) is 5.63. The van der Waals surface area contributed by atoms with E-state index in [0.717, 1.165) is 22.2 Å². The average molecular weight is 368 g/mol. The molecule has 0 unspecified atom stereocenters. The van der Waals surface area contributed by atoms with E-state index in [-0.39, 0.29) is 5.91 Å². The SMILES string of the molecule is CCN=C1S/C(=C/c2cc(C)n(Cc3ccccc3)c2C)C(=O)N1CC. The number of amides is 1. The normalized spacial score (nSPS) is 17.7. The maximum Gasteiger partial charge on any atom is 0.266 e. The van der Waals surface area contributed by atoms with Crippen molar-refractivity contribution in [3.05, 3.63) is 63.8 Å². The fourth-order valence-corrected chi connectivity index (χ4v) is 4.26. The van der Waals surface area contributed by atoms with Crippen LogP contribution in [0.1, 0.15) is 36.4 Å². The highest BCUT2D eigenvalue weighted by atomic mass is 32.2. The lowest BCUT2D eigenvalue weighted by Crippen LogP contribution is -2.28. The number of carbonyl (C=O) groups is 1. The summed E-state index contributed by atoms with van der Waals surface area (Å²) in [6.45, 7) is 10.4. The maximum atomic E-state index is 12.7. The van der Waals surface area contributed by atoms with Gasteiger partial charge in [-0.1, -0.05) is 30.3 Å². The fraction of sp³-hybridized carbons (Fsp3) is 0.333. The minimum atomic E-state index is 0.0533. The fourth-order valence-electron chi connectivity index (χ4n) is 3.16. The van der Waals surface area contributed by atoms with Gasteiger partial charge < -0.3 is 4.57 Å². The Morgan fingerprint density at radius 2 is 1.88 bits per heavy atom. The van der Waals surface area contributed by atoms with Gasteiger partial charge in [-0.15, -0.1) is 0 Å². The molecule has 1 amide bonds. The van der Waals surface area contributed by atoms with Crippen molar-refractivity contribution in [1.82, 2.24) is 9.47 Å². The number of hydrogen-bond donors (Lipinski definition) is 0. The number of nitrogens with zero attached hydrogens (tertiary/aromatic N) is 3. The Labute approximate surface area is 159 Å². The summed E-state index contributed by atoms with van der Waals surface area (Å²) < 4.78 is 2.30. The minimum absolute atomic E-state index is 0.0533. The van der Waals surface area contributed by atoms with E-state index in [9.17, 15) is 4.79 Å². The summed E-state index contributed by atoms with van der Waals surface area (Å²) >= 11 is 1.48. The number of likely N-dealkylation sites (N-methyl/N-ethyl adjacent to an activating group) is 1. The smallest absolute Gasteiger partial charge is 0.266 e. The molecule has 0 aliphatic carbocycles. The van der Waals surface area contributed by atoms with Gasteiger partial charge in [-0.3, -0.25) is 14.7 Å². The molecular formula is C21H25N3OS. The van der Waals surface area contributed by atoms with Gasteiger partial charge in [0.2, 0.25) is 0 Å². The van der Waals surface area contributed by atoms with Crippen LogP contribution >= 0.6 is 11.8 Å². The van der Waals surface area contributed by atoms with Gasteiger partial charge in [0, 0.05) is 31.0 Å². The zero-order valence-corrected chi connectivity index (χ0v) is 16.6. The first-order valence-corrected chi connectivity index (χ1v) is 9.83. The van der Waals surface area contributed by atoms with Crippen LogP contribution in [0.2, 0.25) is 0 Å². The Hall–Kier alpha value is -2.27.